The SMILES string of the molecule is COc1ccccc1[C@H](c1cccc2ccccc12)C(C)(C#N)C(=O)N1CCN(c2ccc(Cl)cc2)CC1. The summed E-state index contributed by atoms with van der Waals surface area (Å²) in [5.41, 5.74) is 1.47. The van der Waals surface area contributed by atoms with Crippen LogP contribution in [0.4, 0.5) is 5.69 Å². The van der Waals surface area contributed by atoms with Crippen molar-refractivity contribution in [3.63, 3.8) is 0 Å². The van der Waals surface area contributed by atoms with Gasteiger partial charge >= 0.3 is 0 Å². The Morgan fingerprint density at radius 2 is 1.53 bits per heavy atom. The van der Waals surface area contributed by atoms with Gasteiger partial charge in [-0.1, -0.05) is 72.3 Å². The third-order valence-corrected chi connectivity index (χ3v) is 7.85. The van der Waals surface area contributed by atoms with E-state index in [1.54, 1.807) is 14.0 Å². The summed E-state index contributed by atoms with van der Waals surface area (Å²) in [6.45, 7) is 4.21. The summed E-state index contributed by atoms with van der Waals surface area (Å²) in [6.07, 6.45) is 0. The standard InChI is InChI=1S/C32H30ClN3O2/c1-32(22-34,31(37)36-20-18-35(19-21-36)25-16-14-24(33)15-17-25)30(28-11-5-6-13-29(28)38-2)27-12-7-9-23-8-3-4-10-26(23)27/h3-17,30H,18-21H2,1-2H3/t30-,32?/m0/s1. The molecule has 0 aliphatic carbocycles. The number of ether oxygens (including phenoxy) is 1. The van der Waals surface area contributed by atoms with E-state index in [9.17, 15) is 10.1 Å². The minimum Gasteiger partial charge on any atom is -0.496 e. The highest BCUT2D eigenvalue weighted by Crippen LogP contribution is 2.47. The minimum absolute atomic E-state index is 0.167. The number of carbonyl (C=O) groups is 1. The Morgan fingerprint density at radius 3 is 2.24 bits per heavy atom. The van der Waals surface area contributed by atoms with Crippen molar-refractivity contribution in [1.82, 2.24) is 4.90 Å². The van der Waals surface area contributed by atoms with E-state index in [-0.39, 0.29) is 5.91 Å². The lowest BCUT2D eigenvalue weighted by Gasteiger charge is -2.41. The van der Waals surface area contributed by atoms with Gasteiger partial charge in [-0.2, -0.15) is 5.26 Å². The highest BCUT2D eigenvalue weighted by molar-refractivity contribution is 6.30. The number of fused-ring (bicyclic) bond motifs is 1. The summed E-state index contributed by atoms with van der Waals surface area (Å²) in [7, 11) is 1.63. The number of anilines is 1. The third-order valence-electron chi connectivity index (χ3n) is 7.60. The molecule has 1 amide bonds. The summed E-state index contributed by atoms with van der Waals surface area (Å²) in [5, 5.41) is 13.5. The molecule has 5 nitrogen and oxygen atoms in total. The van der Waals surface area contributed by atoms with E-state index in [0.29, 0.717) is 37.0 Å². The van der Waals surface area contributed by atoms with Crippen molar-refractivity contribution in [2.24, 2.45) is 5.41 Å². The molecule has 0 bridgehead atoms. The van der Waals surface area contributed by atoms with Crippen molar-refractivity contribution < 1.29 is 9.53 Å². The van der Waals surface area contributed by atoms with Gasteiger partial charge in [0.15, 0.2) is 0 Å². The van der Waals surface area contributed by atoms with Crippen LogP contribution < -0.4 is 9.64 Å². The Morgan fingerprint density at radius 1 is 0.895 bits per heavy atom. The lowest BCUT2D eigenvalue weighted by Crippen LogP contribution is -2.53. The first-order valence-corrected chi connectivity index (χ1v) is 13.2. The number of halogens is 1. The Kier molecular flexibility index (Phi) is 7.26. The summed E-state index contributed by atoms with van der Waals surface area (Å²) in [5.74, 6) is -0.0385. The Labute approximate surface area is 228 Å². The molecule has 1 heterocycles. The monoisotopic (exact) mass is 523 g/mol. The molecule has 1 saturated heterocycles. The summed E-state index contributed by atoms with van der Waals surface area (Å²) in [4.78, 5) is 18.4. The molecule has 5 rings (SSSR count). The molecule has 1 aliphatic rings. The van der Waals surface area contributed by atoms with Gasteiger partial charge in [-0.25, -0.2) is 0 Å². The fourth-order valence-corrected chi connectivity index (χ4v) is 5.71. The van der Waals surface area contributed by atoms with Gasteiger partial charge in [0.05, 0.1) is 13.2 Å². The number of nitrogens with zero attached hydrogens (tertiary/aromatic N) is 3. The fourth-order valence-electron chi connectivity index (χ4n) is 5.58. The first-order chi connectivity index (χ1) is 18.5. The number of para-hydroxylation sites is 1. The number of piperazine rings is 1. The fraction of sp³-hybridized carbons (Fsp3) is 0.250. The number of amides is 1. The molecule has 0 saturated carbocycles. The second-order valence-electron chi connectivity index (χ2n) is 9.81. The van der Waals surface area contributed by atoms with Crippen molar-refractivity contribution in [3.8, 4) is 11.8 Å². The number of nitriles is 1. The smallest absolute Gasteiger partial charge is 0.243 e. The van der Waals surface area contributed by atoms with Crippen molar-refractivity contribution in [3.05, 3.63) is 107 Å². The van der Waals surface area contributed by atoms with Crippen LogP contribution in [0.3, 0.4) is 0 Å². The highest BCUT2D eigenvalue weighted by atomic mass is 35.5. The Hall–Kier alpha value is -4.01. The van der Waals surface area contributed by atoms with Gasteiger partial charge in [-0.05, 0) is 53.6 Å². The third kappa shape index (κ3) is 4.68. The van der Waals surface area contributed by atoms with Crippen LogP contribution >= 0.6 is 11.6 Å². The number of hydrogen-bond acceptors (Lipinski definition) is 4. The minimum atomic E-state index is -1.36. The van der Waals surface area contributed by atoms with Gasteiger partial charge < -0.3 is 14.5 Å². The van der Waals surface area contributed by atoms with Gasteiger partial charge in [0.1, 0.15) is 11.2 Å². The van der Waals surface area contributed by atoms with E-state index in [0.717, 1.165) is 27.6 Å². The maximum absolute atomic E-state index is 14.3. The quantitative estimate of drug-likeness (QED) is 0.289. The van der Waals surface area contributed by atoms with Crippen LogP contribution in [-0.4, -0.2) is 44.1 Å². The molecule has 4 aromatic rings. The normalized spacial score (nSPS) is 15.9. The molecule has 0 aromatic heterocycles. The van der Waals surface area contributed by atoms with Gasteiger partial charge in [-0.3, -0.25) is 4.79 Å². The summed E-state index contributed by atoms with van der Waals surface area (Å²) < 4.78 is 5.75. The molecule has 4 aromatic carbocycles. The van der Waals surface area contributed by atoms with E-state index in [2.05, 4.69) is 29.2 Å². The lowest BCUT2D eigenvalue weighted by atomic mass is 9.68. The molecule has 0 N–H and O–H groups in total. The molecule has 0 spiro atoms. The first kappa shape index (κ1) is 25.6. The Bertz CT molecular complexity index is 1480. The van der Waals surface area contributed by atoms with Crippen LogP contribution in [0.1, 0.15) is 24.0 Å². The van der Waals surface area contributed by atoms with Crippen molar-refractivity contribution in [1.29, 1.82) is 5.26 Å². The predicted octanol–water partition coefficient (Wildman–Crippen LogP) is 6.51. The van der Waals surface area contributed by atoms with Crippen molar-refractivity contribution >= 4 is 34.0 Å². The molecule has 0 radical (unpaired) electrons. The molecule has 2 atom stereocenters. The maximum atomic E-state index is 14.3. The van der Waals surface area contributed by atoms with Crippen LogP contribution in [0.15, 0.2) is 91.0 Å². The molecular formula is C32H30ClN3O2. The van der Waals surface area contributed by atoms with Crippen molar-refractivity contribution in [2.75, 3.05) is 38.2 Å². The molecule has 192 valence electrons. The number of carbonyl (C=O) groups excluding carboxylic acids is 1. The topological polar surface area (TPSA) is 56.6 Å². The zero-order valence-corrected chi connectivity index (χ0v) is 22.4. The molecule has 6 heteroatoms. The van der Waals surface area contributed by atoms with Crippen LogP contribution in [0.2, 0.25) is 5.02 Å². The zero-order chi connectivity index (χ0) is 26.7. The van der Waals surface area contributed by atoms with E-state index < -0.39 is 11.3 Å². The molecule has 1 unspecified atom stereocenters. The van der Waals surface area contributed by atoms with E-state index >= 15 is 0 Å². The summed E-state index contributed by atoms with van der Waals surface area (Å²) >= 11 is 6.06. The van der Waals surface area contributed by atoms with Gasteiger partial charge in [0.2, 0.25) is 5.91 Å². The van der Waals surface area contributed by atoms with Gasteiger partial charge in [0, 0.05) is 48.4 Å². The van der Waals surface area contributed by atoms with Crippen LogP contribution in [0.5, 0.6) is 5.75 Å². The average Bonchev–Trinajstić information content (AvgIpc) is 2.97. The van der Waals surface area contributed by atoms with E-state index in [4.69, 9.17) is 16.3 Å². The predicted molar refractivity (Wildman–Crippen MR) is 153 cm³/mol. The number of benzene rings is 4. The van der Waals surface area contributed by atoms with Gasteiger partial charge in [0.25, 0.3) is 0 Å². The molecule has 1 fully saturated rings. The maximum Gasteiger partial charge on any atom is 0.243 e. The molecular weight excluding hydrogens is 494 g/mol. The number of hydrogen-bond donors (Lipinski definition) is 0. The molecule has 38 heavy (non-hydrogen) atoms. The summed E-state index contributed by atoms with van der Waals surface area (Å²) in [6, 6.07) is 32.1. The molecule has 1 aliphatic heterocycles. The average molecular weight is 524 g/mol. The lowest BCUT2D eigenvalue weighted by molar-refractivity contribution is -0.139. The second kappa shape index (κ2) is 10.8. The largest absolute Gasteiger partial charge is 0.496 e. The Balaban J connectivity index is 1.54. The van der Waals surface area contributed by atoms with E-state index in [1.807, 2.05) is 77.7 Å². The number of rotatable bonds is 6. The zero-order valence-electron chi connectivity index (χ0n) is 21.6. The van der Waals surface area contributed by atoms with Crippen LogP contribution in [0.25, 0.3) is 10.8 Å². The van der Waals surface area contributed by atoms with E-state index in [1.165, 1.54) is 0 Å². The second-order valence-corrected chi connectivity index (χ2v) is 10.2. The van der Waals surface area contributed by atoms with Crippen LogP contribution in [-0.2, 0) is 4.79 Å². The van der Waals surface area contributed by atoms with Gasteiger partial charge in [-0.15, -0.1) is 0 Å². The van der Waals surface area contributed by atoms with Crippen LogP contribution in [0, 0.1) is 16.7 Å². The number of methoxy groups -OCH3 is 1. The first-order valence-electron chi connectivity index (χ1n) is 12.8. The highest BCUT2D eigenvalue weighted by Gasteiger charge is 2.47. The van der Waals surface area contributed by atoms with Crippen molar-refractivity contribution in [2.45, 2.75) is 12.8 Å².